The molecule has 5 nitrogen and oxygen atoms in total. The van der Waals surface area contributed by atoms with Crippen LogP contribution in [0.1, 0.15) is 50.4 Å². The van der Waals surface area contributed by atoms with Gasteiger partial charge in [0.15, 0.2) is 0 Å². The fourth-order valence-electron chi connectivity index (χ4n) is 1.79. The third-order valence-electron chi connectivity index (χ3n) is 3.01. The lowest BCUT2D eigenvalue weighted by Gasteiger charge is -2.08. The van der Waals surface area contributed by atoms with Crippen molar-refractivity contribution in [1.82, 2.24) is 15.5 Å². The van der Waals surface area contributed by atoms with Crippen LogP contribution in [0.4, 0.5) is 0 Å². The zero-order valence-corrected chi connectivity index (χ0v) is 10.6. The number of nitrogens with zero attached hydrogens (tertiary/aromatic N) is 2. The molecular formula is C12H21N3O2. The zero-order valence-electron chi connectivity index (χ0n) is 10.6. The Balaban J connectivity index is 1.80. The number of methoxy groups -OCH3 is 1. The Morgan fingerprint density at radius 2 is 2.35 bits per heavy atom. The maximum Gasteiger partial charge on any atom is 0.240 e. The van der Waals surface area contributed by atoms with Gasteiger partial charge in [0.25, 0.3) is 0 Å². The summed E-state index contributed by atoms with van der Waals surface area (Å²) in [4.78, 5) is 4.35. The maximum absolute atomic E-state index is 5.34. The summed E-state index contributed by atoms with van der Waals surface area (Å²) in [6, 6.07) is 0. The molecule has 96 valence electrons. The minimum Gasteiger partial charge on any atom is -0.373 e. The number of ether oxygens (including phenoxy) is 1. The molecule has 0 radical (unpaired) electrons. The number of aromatic nitrogens is 2. The van der Waals surface area contributed by atoms with E-state index >= 15 is 0 Å². The second-order valence-electron chi connectivity index (χ2n) is 4.63. The molecule has 0 amide bonds. The molecule has 2 rings (SSSR count). The predicted octanol–water partition coefficient (Wildman–Crippen LogP) is 2.06. The van der Waals surface area contributed by atoms with Gasteiger partial charge in [0.1, 0.15) is 6.10 Å². The Morgan fingerprint density at radius 1 is 1.53 bits per heavy atom. The van der Waals surface area contributed by atoms with Crippen LogP contribution in [-0.4, -0.2) is 23.8 Å². The summed E-state index contributed by atoms with van der Waals surface area (Å²) in [5.41, 5.74) is 0. The lowest BCUT2D eigenvalue weighted by atomic mass is 10.2. The molecule has 1 fully saturated rings. The first-order chi connectivity index (χ1) is 8.33. The SMILES string of the molecule is CCCC(OC)c1noc(CNCC2CC2)n1. The van der Waals surface area contributed by atoms with Gasteiger partial charge in [-0.3, -0.25) is 0 Å². The van der Waals surface area contributed by atoms with Crippen molar-refractivity contribution in [2.75, 3.05) is 13.7 Å². The monoisotopic (exact) mass is 239 g/mol. The Hall–Kier alpha value is -0.940. The van der Waals surface area contributed by atoms with Crippen LogP contribution in [0.2, 0.25) is 0 Å². The molecule has 0 bridgehead atoms. The molecule has 1 saturated carbocycles. The van der Waals surface area contributed by atoms with Crippen molar-refractivity contribution >= 4 is 0 Å². The highest BCUT2D eigenvalue weighted by molar-refractivity contribution is 4.91. The average Bonchev–Trinajstić information content (AvgIpc) is 3.04. The van der Waals surface area contributed by atoms with Crippen molar-refractivity contribution in [3.8, 4) is 0 Å². The molecule has 1 aliphatic carbocycles. The van der Waals surface area contributed by atoms with Crippen LogP contribution in [0.15, 0.2) is 4.52 Å². The van der Waals surface area contributed by atoms with E-state index in [0.717, 1.165) is 25.3 Å². The van der Waals surface area contributed by atoms with E-state index in [1.54, 1.807) is 7.11 Å². The first kappa shape index (κ1) is 12.5. The molecule has 1 N–H and O–H groups in total. The van der Waals surface area contributed by atoms with E-state index in [-0.39, 0.29) is 6.10 Å². The highest BCUT2D eigenvalue weighted by atomic mass is 16.5. The highest BCUT2D eigenvalue weighted by Crippen LogP contribution is 2.27. The second kappa shape index (κ2) is 6.12. The molecular weight excluding hydrogens is 218 g/mol. The van der Waals surface area contributed by atoms with E-state index in [1.165, 1.54) is 12.8 Å². The fourth-order valence-corrected chi connectivity index (χ4v) is 1.79. The molecule has 1 atom stereocenters. The maximum atomic E-state index is 5.34. The molecule has 0 spiro atoms. The summed E-state index contributed by atoms with van der Waals surface area (Å²) in [6.45, 7) is 3.83. The Kier molecular flexibility index (Phi) is 4.50. The molecule has 0 aliphatic heterocycles. The fraction of sp³-hybridized carbons (Fsp3) is 0.833. The van der Waals surface area contributed by atoms with Gasteiger partial charge in [-0.05, 0) is 31.7 Å². The average molecular weight is 239 g/mol. The van der Waals surface area contributed by atoms with Crippen molar-refractivity contribution in [1.29, 1.82) is 0 Å². The molecule has 5 heteroatoms. The molecule has 0 aromatic carbocycles. The molecule has 1 heterocycles. The van der Waals surface area contributed by atoms with Gasteiger partial charge in [-0.25, -0.2) is 0 Å². The summed E-state index contributed by atoms with van der Waals surface area (Å²) in [5.74, 6) is 2.18. The van der Waals surface area contributed by atoms with Crippen molar-refractivity contribution < 1.29 is 9.26 Å². The van der Waals surface area contributed by atoms with Crippen LogP contribution in [0.3, 0.4) is 0 Å². The minimum absolute atomic E-state index is 0.0408. The van der Waals surface area contributed by atoms with Crippen LogP contribution in [0.25, 0.3) is 0 Å². The van der Waals surface area contributed by atoms with Gasteiger partial charge in [-0.15, -0.1) is 0 Å². The summed E-state index contributed by atoms with van der Waals surface area (Å²) >= 11 is 0. The largest absolute Gasteiger partial charge is 0.373 e. The van der Waals surface area contributed by atoms with Gasteiger partial charge in [0, 0.05) is 7.11 Å². The van der Waals surface area contributed by atoms with Crippen LogP contribution < -0.4 is 5.32 Å². The van der Waals surface area contributed by atoms with Gasteiger partial charge < -0.3 is 14.6 Å². The van der Waals surface area contributed by atoms with Gasteiger partial charge >= 0.3 is 0 Å². The Bertz CT molecular complexity index is 336. The van der Waals surface area contributed by atoms with Gasteiger partial charge in [-0.2, -0.15) is 4.98 Å². The van der Waals surface area contributed by atoms with Crippen LogP contribution >= 0.6 is 0 Å². The van der Waals surface area contributed by atoms with E-state index in [0.29, 0.717) is 18.3 Å². The quantitative estimate of drug-likeness (QED) is 0.752. The zero-order chi connectivity index (χ0) is 12.1. The third-order valence-corrected chi connectivity index (χ3v) is 3.01. The number of nitrogens with one attached hydrogen (secondary N) is 1. The molecule has 1 aromatic heterocycles. The Labute approximate surface area is 102 Å². The second-order valence-corrected chi connectivity index (χ2v) is 4.63. The predicted molar refractivity (Wildman–Crippen MR) is 63.4 cm³/mol. The molecule has 1 aromatic rings. The van der Waals surface area contributed by atoms with Gasteiger partial charge in [0.05, 0.1) is 6.54 Å². The minimum atomic E-state index is -0.0408. The van der Waals surface area contributed by atoms with E-state index in [4.69, 9.17) is 9.26 Å². The normalized spacial score (nSPS) is 17.3. The standard InChI is InChI=1S/C12H21N3O2/c1-3-4-10(16-2)12-14-11(17-15-12)8-13-7-9-5-6-9/h9-10,13H,3-8H2,1-2H3. The third kappa shape index (κ3) is 3.78. The first-order valence-corrected chi connectivity index (χ1v) is 6.39. The van der Waals surface area contributed by atoms with Crippen molar-refractivity contribution in [2.24, 2.45) is 5.92 Å². The lowest BCUT2D eigenvalue weighted by molar-refractivity contribution is 0.0854. The summed E-state index contributed by atoms with van der Waals surface area (Å²) < 4.78 is 10.5. The van der Waals surface area contributed by atoms with E-state index in [9.17, 15) is 0 Å². The highest BCUT2D eigenvalue weighted by Gasteiger charge is 2.21. The van der Waals surface area contributed by atoms with E-state index in [1.807, 2.05) is 0 Å². The molecule has 0 saturated heterocycles. The number of hydrogen-bond acceptors (Lipinski definition) is 5. The molecule has 1 aliphatic rings. The molecule has 1 unspecified atom stereocenters. The van der Waals surface area contributed by atoms with Gasteiger partial charge in [-0.1, -0.05) is 18.5 Å². The van der Waals surface area contributed by atoms with E-state index in [2.05, 4.69) is 22.4 Å². The number of hydrogen-bond donors (Lipinski definition) is 1. The van der Waals surface area contributed by atoms with Crippen molar-refractivity contribution in [2.45, 2.75) is 45.3 Å². The topological polar surface area (TPSA) is 60.2 Å². The summed E-state index contributed by atoms with van der Waals surface area (Å²) in [7, 11) is 1.68. The Morgan fingerprint density at radius 3 is 3.00 bits per heavy atom. The number of rotatable bonds is 8. The summed E-state index contributed by atoms with van der Waals surface area (Å²) in [5, 5.41) is 7.30. The first-order valence-electron chi connectivity index (χ1n) is 6.39. The molecule has 17 heavy (non-hydrogen) atoms. The van der Waals surface area contributed by atoms with Crippen LogP contribution in [-0.2, 0) is 11.3 Å². The van der Waals surface area contributed by atoms with E-state index < -0.39 is 0 Å². The van der Waals surface area contributed by atoms with Crippen molar-refractivity contribution in [3.63, 3.8) is 0 Å². The van der Waals surface area contributed by atoms with Gasteiger partial charge in [0.2, 0.25) is 11.7 Å². The smallest absolute Gasteiger partial charge is 0.240 e. The lowest BCUT2D eigenvalue weighted by Crippen LogP contribution is -2.16. The summed E-state index contributed by atoms with van der Waals surface area (Å²) in [6.07, 6.45) is 4.63. The van der Waals surface area contributed by atoms with Crippen molar-refractivity contribution in [3.05, 3.63) is 11.7 Å². The van der Waals surface area contributed by atoms with Crippen LogP contribution in [0, 0.1) is 5.92 Å². The van der Waals surface area contributed by atoms with Crippen LogP contribution in [0.5, 0.6) is 0 Å².